The number of rotatable bonds is 3. The van der Waals surface area contributed by atoms with E-state index < -0.39 is 0 Å². The zero-order valence-electron chi connectivity index (χ0n) is 17.0. The van der Waals surface area contributed by atoms with Crippen molar-refractivity contribution >= 4 is 16.5 Å². The highest BCUT2D eigenvalue weighted by atomic mass is 15.3. The molecule has 2 atom stereocenters. The SMILES string of the molecule is CN(C1CCCCC1)C1CC2CCC(C1)N2c1ccc(C#N)c2ccccc12. The molecule has 0 amide bonds. The molecule has 146 valence electrons. The van der Waals surface area contributed by atoms with Crippen LogP contribution >= 0.6 is 0 Å². The van der Waals surface area contributed by atoms with Gasteiger partial charge in [0.05, 0.1) is 11.6 Å². The molecule has 2 heterocycles. The molecule has 2 aliphatic heterocycles. The van der Waals surface area contributed by atoms with Crippen LogP contribution in [0.4, 0.5) is 5.69 Å². The van der Waals surface area contributed by atoms with Gasteiger partial charge in [0.1, 0.15) is 0 Å². The van der Waals surface area contributed by atoms with E-state index in [2.05, 4.69) is 47.2 Å². The van der Waals surface area contributed by atoms with E-state index in [4.69, 9.17) is 0 Å². The summed E-state index contributed by atoms with van der Waals surface area (Å²) in [4.78, 5) is 5.47. The van der Waals surface area contributed by atoms with E-state index in [0.29, 0.717) is 12.1 Å². The van der Waals surface area contributed by atoms with Crippen LogP contribution in [0.15, 0.2) is 36.4 Å². The number of nitriles is 1. The molecule has 0 aromatic heterocycles. The zero-order valence-corrected chi connectivity index (χ0v) is 17.0. The normalized spacial score (nSPS) is 28.0. The summed E-state index contributed by atoms with van der Waals surface area (Å²) in [6.07, 6.45) is 12.3. The van der Waals surface area contributed by atoms with Crippen molar-refractivity contribution in [3.8, 4) is 6.07 Å². The Morgan fingerprint density at radius 2 is 1.54 bits per heavy atom. The van der Waals surface area contributed by atoms with Crippen LogP contribution in [0.5, 0.6) is 0 Å². The minimum atomic E-state index is 0.645. The van der Waals surface area contributed by atoms with Gasteiger partial charge in [0.15, 0.2) is 0 Å². The smallest absolute Gasteiger partial charge is 0.0998 e. The van der Waals surface area contributed by atoms with Gasteiger partial charge in [0.2, 0.25) is 0 Å². The second kappa shape index (κ2) is 7.41. The first-order valence-electron chi connectivity index (χ1n) is 11.2. The Kier molecular flexibility index (Phi) is 4.77. The van der Waals surface area contributed by atoms with Crippen molar-refractivity contribution < 1.29 is 0 Å². The van der Waals surface area contributed by atoms with E-state index in [1.807, 2.05) is 12.1 Å². The van der Waals surface area contributed by atoms with Crippen molar-refractivity contribution in [2.45, 2.75) is 82.0 Å². The van der Waals surface area contributed by atoms with Crippen LogP contribution in [-0.2, 0) is 0 Å². The summed E-state index contributed by atoms with van der Waals surface area (Å²) in [7, 11) is 2.40. The molecule has 3 nitrogen and oxygen atoms in total. The standard InChI is InChI=1S/C25H31N3/c1-27(19-7-3-2-4-8-19)22-15-20-12-13-21(16-22)28(20)25-14-11-18(17-26)23-9-5-6-10-24(23)25/h5-6,9-11,14,19-22H,2-4,7-8,12-13,15-16H2,1H3. The quantitative estimate of drug-likeness (QED) is 0.714. The molecule has 28 heavy (non-hydrogen) atoms. The Morgan fingerprint density at radius 1 is 0.857 bits per heavy atom. The van der Waals surface area contributed by atoms with Gasteiger partial charge in [0.25, 0.3) is 0 Å². The van der Waals surface area contributed by atoms with Gasteiger partial charge in [-0.15, -0.1) is 0 Å². The third-order valence-corrected chi connectivity index (χ3v) is 7.73. The van der Waals surface area contributed by atoms with Crippen LogP contribution < -0.4 is 4.90 Å². The maximum absolute atomic E-state index is 9.50. The molecule has 3 aliphatic rings. The summed E-state index contributed by atoms with van der Waals surface area (Å²) >= 11 is 0. The first-order chi connectivity index (χ1) is 13.8. The molecular weight excluding hydrogens is 342 g/mol. The van der Waals surface area contributed by atoms with Gasteiger partial charge in [-0.05, 0) is 57.7 Å². The van der Waals surface area contributed by atoms with Crippen molar-refractivity contribution in [2.75, 3.05) is 11.9 Å². The molecule has 2 aromatic carbocycles. The van der Waals surface area contributed by atoms with Crippen LogP contribution in [0.1, 0.15) is 63.4 Å². The molecule has 3 fully saturated rings. The molecule has 2 bridgehead atoms. The highest BCUT2D eigenvalue weighted by Crippen LogP contribution is 2.44. The number of hydrogen-bond donors (Lipinski definition) is 0. The molecule has 2 unspecified atom stereocenters. The first kappa shape index (κ1) is 18.0. The summed E-state index contributed by atoms with van der Waals surface area (Å²) in [5.41, 5.74) is 2.14. The molecule has 2 saturated heterocycles. The Morgan fingerprint density at radius 3 is 2.21 bits per heavy atom. The molecule has 5 rings (SSSR count). The van der Waals surface area contributed by atoms with Crippen molar-refractivity contribution in [1.29, 1.82) is 5.26 Å². The van der Waals surface area contributed by atoms with E-state index in [1.165, 1.54) is 68.9 Å². The molecule has 1 aliphatic carbocycles. The van der Waals surface area contributed by atoms with E-state index >= 15 is 0 Å². The van der Waals surface area contributed by atoms with Crippen molar-refractivity contribution in [3.05, 3.63) is 42.0 Å². The van der Waals surface area contributed by atoms with Gasteiger partial charge >= 0.3 is 0 Å². The topological polar surface area (TPSA) is 30.3 Å². The second-order valence-corrected chi connectivity index (χ2v) is 9.16. The van der Waals surface area contributed by atoms with E-state index in [0.717, 1.165) is 23.0 Å². The summed E-state index contributed by atoms with van der Waals surface area (Å²) in [5, 5.41) is 11.9. The van der Waals surface area contributed by atoms with Crippen LogP contribution in [0.25, 0.3) is 10.8 Å². The predicted molar refractivity (Wildman–Crippen MR) is 116 cm³/mol. The van der Waals surface area contributed by atoms with Crippen LogP contribution in [0, 0.1) is 11.3 Å². The fraction of sp³-hybridized carbons (Fsp3) is 0.560. The van der Waals surface area contributed by atoms with Gasteiger partial charge in [-0.25, -0.2) is 0 Å². The van der Waals surface area contributed by atoms with Crippen LogP contribution in [0.2, 0.25) is 0 Å². The molecule has 1 saturated carbocycles. The largest absolute Gasteiger partial charge is 0.365 e. The Balaban J connectivity index is 1.42. The number of fused-ring (bicyclic) bond motifs is 3. The number of anilines is 1. The minimum absolute atomic E-state index is 0.645. The predicted octanol–water partition coefficient (Wildman–Crippen LogP) is 5.48. The Bertz CT molecular complexity index is 878. The Labute approximate surface area is 168 Å². The van der Waals surface area contributed by atoms with Crippen molar-refractivity contribution in [2.24, 2.45) is 0 Å². The number of nitrogens with zero attached hydrogens (tertiary/aromatic N) is 3. The zero-order chi connectivity index (χ0) is 19.1. The summed E-state index contributed by atoms with van der Waals surface area (Å²) < 4.78 is 0. The maximum Gasteiger partial charge on any atom is 0.0998 e. The van der Waals surface area contributed by atoms with E-state index in [9.17, 15) is 5.26 Å². The van der Waals surface area contributed by atoms with E-state index in [1.54, 1.807) is 0 Å². The maximum atomic E-state index is 9.50. The minimum Gasteiger partial charge on any atom is -0.365 e. The second-order valence-electron chi connectivity index (χ2n) is 9.16. The van der Waals surface area contributed by atoms with Gasteiger partial charge in [0, 0.05) is 40.6 Å². The lowest BCUT2D eigenvalue weighted by molar-refractivity contribution is 0.108. The molecule has 0 spiro atoms. The molecular formula is C25H31N3. The molecule has 0 N–H and O–H groups in total. The van der Waals surface area contributed by atoms with Crippen LogP contribution in [-0.4, -0.2) is 36.1 Å². The number of piperidine rings is 1. The molecule has 2 aromatic rings. The lowest BCUT2D eigenvalue weighted by Gasteiger charge is -2.46. The van der Waals surface area contributed by atoms with Crippen molar-refractivity contribution in [3.63, 3.8) is 0 Å². The third-order valence-electron chi connectivity index (χ3n) is 7.73. The highest BCUT2D eigenvalue weighted by Gasteiger charge is 2.43. The monoisotopic (exact) mass is 373 g/mol. The van der Waals surface area contributed by atoms with Gasteiger partial charge in [-0.3, -0.25) is 0 Å². The summed E-state index contributed by atoms with van der Waals surface area (Å²) in [6, 6.07) is 17.9. The first-order valence-corrected chi connectivity index (χ1v) is 11.2. The third kappa shape index (κ3) is 2.99. The fourth-order valence-corrected chi connectivity index (χ4v) is 6.27. The summed E-state index contributed by atoms with van der Waals surface area (Å²) in [5.74, 6) is 0. The Hall–Kier alpha value is -2.05. The summed E-state index contributed by atoms with van der Waals surface area (Å²) in [6.45, 7) is 0. The fourth-order valence-electron chi connectivity index (χ4n) is 6.27. The number of benzene rings is 2. The average molecular weight is 374 g/mol. The van der Waals surface area contributed by atoms with Gasteiger partial charge in [-0.1, -0.05) is 43.5 Å². The lowest BCUT2D eigenvalue weighted by atomic mass is 9.89. The number of hydrogen-bond acceptors (Lipinski definition) is 3. The van der Waals surface area contributed by atoms with Crippen LogP contribution in [0.3, 0.4) is 0 Å². The molecule has 0 radical (unpaired) electrons. The van der Waals surface area contributed by atoms with Gasteiger partial charge < -0.3 is 9.80 Å². The molecule has 3 heteroatoms. The van der Waals surface area contributed by atoms with Crippen molar-refractivity contribution in [1.82, 2.24) is 4.90 Å². The highest BCUT2D eigenvalue weighted by molar-refractivity contribution is 5.98. The van der Waals surface area contributed by atoms with E-state index in [-0.39, 0.29) is 0 Å². The average Bonchev–Trinajstić information content (AvgIpc) is 3.01. The van der Waals surface area contributed by atoms with Gasteiger partial charge in [-0.2, -0.15) is 5.26 Å². The lowest BCUT2D eigenvalue weighted by Crippen LogP contribution is -2.52.